The minimum atomic E-state index is -3.84. The molecule has 0 fully saturated rings. The molecule has 0 spiro atoms. The largest absolute Gasteiger partial charge is 0.289 e. The van der Waals surface area contributed by atoms with E-state index in [1.54, 1.807) is 6.07 Å². The van der Waals surface area contributed by atoms with Crippen molar-refractivity contribution >= 4 is 27.1 Å². The Balaban J connectivity index is 3.43. The van der Waals surface area contributed by atoms with Crippen LogP contribution in [-0.2, 0) is 9.84 Å². The second-order valence-corrected chi connectivity index (χ2v) is 6.60. The van der Waals surface area contributed by atoms with Crippen LogP contribution in [0.15, 0.2) is 23.1 Å². The Morgan fingerprint density at radius 3 is 2.63 bits per heavy atom. The number of nitro benzene ring substituents is 1. The third-order valence-electron chi connectivity index (χ3n) is 2.64. The summed E-state index contributed by atoms with van der Waals surface area (Å²) in [6.07, 6.45) is 0.195. The summed E-state index contributed by atoms with van der Waals surface area (Å²) in [6.45, 7) is 1.44. The van der Waals surface area contributed by atoms with Crippen molar-refractivity contribution in [1.82, 2.24) is 0 Å². The Morgan fingerprint density at radius 1 is 1.53 bits per heavy atom. The second-order valence-electron chi connectivity index (χ2n) is 3.88. The van der Waals surface area contributed by atoms with Crippen LogP contribution in [0.5, 0.6) is 0 Å². The van der Waals surface area contributed by atoms with Gasteiger partial charge in [-0.1, -0.05) is 0 Å². The number of sulfone groups is 1. The molecule has 8 heteroatoms. The van der Waals surface area contributed by atoms with Crippen molar-refractivity contribution in [3.05, 3.63) is 33.9 Å². The molecule has 0 amide bonds. The quantitative estimate of drug-likeness (QED) is 0.471. The van der Waals surface area contributed by atoms with Crippen molar-refractivity contribution in [2.75, 3.05) is 5.88 Å². The summed E-state index contributed by atoms with van der Waals surface area (Å²) in [5.74, 6) is 0.143. The highest BCUT2D eigenvalue weighted by Gasteiger charge is 2.30. The molecule has 1 aromatic carbocycles. The lowest BCUT2D eigenvalue weighted by Gasteiger charge is -2.11. The molecule has 0 heterocycles. The molecule has 102 valence electrons. The van der Waals surface area contributed by atoms with E-state index in [1.165, 1.54) is 13.0 Å². The number of nitro groups is 1. The summed E-state index contributed by atoms with van der Waals surface area (Å²) in [6, 6.07) is 5.03. The van der Waals surface area contributed by atoms with Crippen molar-refractivity contribution in [2.45, 2.75) is 23.5 Å². The standard InChI is InChI=1S/C11H11ClN2O4S/c1-8(4-5-12)19(17,18)11-3-2-9(7-13)6-10(11)14(15)16/h2-3,6,8H,4-5H2,1H3. The van der Waals surface area contributed by atoms with Gasteiger partial charge in [-0.05, 0) is 25.5 Å². The van der Waals surface area contributed by atoms with Crippen LogP contribution < -0.4 is 0 Å². The lowest BCUT2D eigenvalue weighted by atomic mass is 10.2. The van der Waals surface area contributed by atoms with E-state index in [0.717, 1.165) is 12.1 Å². The van der Waals surface area contributed by atoms with Crippen molar-refractivity contribution < 1.29 is 13.3 Å². The number of nitrogens with zero attached hydrogens (tertiary/aromatic N) is 2. The van der Waals surface area contributed by atoms with E-state index in [-0.39, 0.29) is 22.8 Å². The van der Waals surface area contributed by atoms with Gasteiger partial charge in [-0.15, -0.1) is 11.6 Å². The Morgan fingerprint density at radius 2 is 2.16 bits per heavy atom. The Labute approximate surface area is 115 Å². The van der Waals surface area contributed by atoms with Gasteiger partial charge in [0.05, 0.1) is 21.8 Å². The summed E-state index contributed by atoms with van der Waals surface area (Å²) >= 11 is 5.50. The van der Waals surface area contributed by atoms with E-state index < -0.39 is 25.7 Å². The minimum absolute atomic E-state index is 0.0376. The topological polar surface area (TPSA) is 101 Å². The van der Waals surface area contributed by atoms with Crippen LogP contribution in [-0.4, -0.2) is 24.5 Å². The van der Waals surface area contributed by atoms with Gasteiger partial charge in [0.2, 0.25) is 0 Å². The molecule has 1 atom stereocenters. The normalized spacial score (nSPS) is 12.7. The molecule has 0 saturated heterocycles. The maximum atomic E-state index is 12.2. The summed E-state index contributed by atoms with van der Waals surface area (Å²) in [5.41, 5.74) is -0.545. The first kappa shape index (κ1) is 15.4. The highest BCUT2D eigenvalue weighted by atomic mass is 35.5. The monoisotopic (exact) mass is 302 g/mol. The maximum absolute atomic E-state index is 12.2. The van der Waals surface area contributed by atoms with Crippen molar-refractivity contribution in [3.63, 3.8) is 0 Å². The van der Waals surface area contributed by atoms with Gasteiger partial charge in [0.15, 0.2) is 9.84 Å². The molecule has 0 aromatic heterocycles. The van der Waals surface area contributed by atoms with Crippen molar-refractivity contribution in [3.8, 4) is 6.07 Å². The Bertz CT molecular complexity index is 637. The lowest BCUT2D eigenvalue weighted by Crippen LogP contribution is -2.19. The van der Waals surface area contributed by atoms with E-state index in [0.29, 0.717) is 0 Å². The number of hydrogen-bond acceptors (Lipinski definition) is 5. The average Bonchev–Trinajstić information content (AvgIpc) is 2.38. The number of alkyl halides is 1. The molecule has 0 aliphatic carbocycles. The van der Waals surface area contributed by atoms with Crippen LogP contribution in [0.3, 0.4) is 0 Å². The van der Waals surface area contributed by atoms with Gasteiger partial charge in [-0.3, -0.25) is 10.1 Å². The minimum Gasteiger partial charge on any atom is -0.258 e. The zero-order chi connectivity index (χ0) is 14.6. The van der Waals surface area contributed by atoms with E-state index in [9.17, 15) is 18.5 Å². The number of halogens is 1. The molecule has 0 saturated carbocycles. The molecule has 0 radical (unpaired) electrons. The molecule has 1 unspecified atom stereocenters. The first-order valence-electron chi connectivity index (χ1n) is 5.33. The first-order chi connectivity index (χ1) is 8.84. The third-order valence-corrected chi connectivity index (χ3v) is 5.11. The lowest BCUT2D eigenvalue weighted by molar-refractivity contribution is -0.387. The summed E-state index contributed by atoms with van der Waals surface area (Å²) in [7, 11) is -3.84. The van der Waals surface area contributed by atoms with Gasteiger partial charge in [-0.25, -0.2) is 8.42 Å². The van der Waals surface area contributed by atoms with Crippen LogP contribution in [0, 0.1) is 21.4 Å². The molecule has 0 aliphatic heterocycles. The second kappa shape index (κ2) is 5.99. The predicted molar refractivity (Wildman–Crippen MR) is 69.8 cm³/mol. The van der Waals surface area contributed by atoms with Crippen LogP contribution in [0.2, 0.25) is 0 Å². The van der Waals surface area contributed by atoms with Crippen LogP contribution in [0.1, 0.15) is 18.9 Å². The molecule has 0 N–H and O–H groups in total. The van der Waals surface area contributed by atoms with E-state index in [1.807, 2.05) is 0 Å². The zero-order valence-corrected chi connectivity index (χ0v) is 11.6. The third kappa shape index (κ3) is 3.22. The summed E-state index contributed by atoms with van der Waals surface area (Å²) in [5, 5.41) is 18.8. The van der Waals surface area contributed by atoms with Crippen LogP contribution >= 0.6 is 11.6 Å². The van der Waals surface area contributed by atoms with Crippen LogP contribution in [0.4, 0.5) is 5.69 Å². The van der Waals surface area contributed by atoms with E-state index in [4.69, 9.17) is 16.9 Å². The first-order valence-corrected chi connectivity index (χ1v) is 7.41. The maximum Gasteiger partial charge on any atom is 0.289 e. The van der Waals surface area contributed by atoms with E-state index >= 15 is 0 Å². The highest BCUT2D eigenvalue weighted by Crippen LogP contribution is 2.29. The van der Waals surface area contributed by atoms with Crippen molar-refractivity contribution in [2.24, 2.45) is 0 Å². The Kier molecular flexibility index (Phi) is 4.86. The van der Waals surface area contributed by atoms with Gasteiger partial charge in [0.1, 0.15) is 4.90 Å². The number of hydrogen-bond donors (Lipinski definition) is 0. The van der Waals surface area contributed by atoms with Gasteiger partial charge in [-0.2, -0.15) is 5.26 Å². The molecule has 1 aromatic rings. The fourth-order valence-corrected chi connectivity index (χ4v) is 3.50. The zero-order valence-electron chi connectivity index (χ0n) is 10.0. The summed E-state index contributed by atoms with van der Waals surface area (Å²) < 4.78 is 24.4. The van der Waals surface area contributed by atoms with Gasteiger partial charge in [0.25, 0.3) is 5.69 Å². The molecule has 19 heavy (non-hydrogen) atoms. The molecule has 6 nitrogen and oxygen atoms in total. The smallest absolute Gasteiger partial charge is 0.258 e. The number of nitriles is 1. The average molecular weight is 303 g/mol. The highest BCUT2D eigenvalue weighted by molar-refractivity contribution is 7.92. The summed E-state index contributed by atoms with van der Waals surface area (Å²) in [4.78, 5) is 9.74. The van der Waals surface area contributed by atoms with Gasteiger partial charge < -0.3 is 0 Å². The number of benzene rings is 1. The molecular formula is C11H11ClN2O4S. The van der Waals surface area contributed by atoms with Gasteiger partial charge >= 0.3 is 0 Å². The number of rotatable bonds is 5. The predicted octanol–water partition coefficient (Wildman–Crippen LogP) is 2.26. The Hall–Kier alpha value is -1.65. The van der Waals surface area contributed by atoms with Gasteiger partial charge in [0, 0.05) is 11.9 Å². The molecular weight excluding hydrogens is 292 g/mol. The molecule has 0 bridgehead atoms. The fourth-order valence-electron chi connectivity index (χ4n) is 1.50. The molecule has 1 rings (SSSR count). The van der Waals surface area contributed by atoms with Crippen LogP contribution in [0.25, 0.3) is 0 Å². The van der Waals surface area contributed by atoms with E-state index in [2.05, 4.69) is 0 Å². The van der Waals surface area contributed by atoms with Crippen molar-refractivity contribution in [1.29, 1.82) is 5.26 Å². The molecule has 0 aliphatic rings. The SMILES string of the molecule is CC(CCCl)S(=O)(=O)c1ccc(C#N)cc1[N+](=O)[O-]. The fraction of sp³-hybridized carbons (Fsp3) is 0.364.